The summed E-state index contributed by atoms with van der Waals surface area (Å²) in [4.78, 5) is 12.4. The number of nitrogens with two attached hydrogens (primary N) is 1. The molecular formula is C12H17N3O4. The molecule has 0 radical (unpaired) electrons. The summed E-state index contributed by atoms with van der Waals surface area (Å²) in [6.45, 7) is 3.13. The van der Waals surface area contributed by atoms with E-state index >= 15 is 0 Å². The smallest absolute Gasteiger partial charge is 0.311 e. The van der Waals surface area contributed by atoms with Gasteiger partial charge in [0.2, 0.25) is 0 Å². The quantitative estimate of drug-likeness (QED) is 0.613. The molecule has 1 unspecified atom stereocenters. The molecule has 0 saturated carbocycles. The molecule has 1 aromatic carbocycles. The molecule has 0 aliphatic carbocycles. The first kappa shape index (κ1) is 13.7. The molecule has 104 valence electrons. The highest BCUT2D eigenvalue weighted by Gasteiger charge is 2.24. The Morgan fingerprint density at radius 1 is 1.47 bits per heavy atom. The van der Waals surface area contributed by atoms with Crippen LogP contribution in [0.3, 0.4) is 0 Å². The molecule has 0 aromatic heterocycles. The third-order valence-electron chi connectivity index (χ3n) is 3.29. The molecule has 1 aliphatic rings. The van der Waals surface area contributed by atoms with Crippen LogP contribution in [0, 0.1) is 10.1 Å². The summed E-state index contributed by atoms with van der Waals surface area (Å²) in [5.41, 5.74) is 6.24. The lowest BCUT2D eigenvalue weighted by Gasteiger charge is -2.34. The van der Waals surface area contributed by atoms with E-state index < -0.39 is 4.92 Å². The van der Waals surface area contributed by atoms with E-state index in [-0.39, 0.29) is 17.5 Å². The monoisotopic (exact) mass is 267 g/mol. The third kappa shape index (κ3) is 3.01. The Balaban J connectivity index is 2.27. The number of hydrogen-bond donors (Lipinski definition) is 2. The maximum atomic E-state index is 10.8. The van der Waals surface area contributed by atoms with E-state index in [1.165, 1.54) is 12.1 Å². The summed E-state index contributed by atoms with van der Waals surface area (Å²) in [5.74, 6) is -0.327. The second kappa shape index (κ2) is 5.96. The minimum absolute atomic E-state index is 0.0943. The van der Waals surface area contributed by atoms with E-state index in [4.69, 9.17) is 10.5 Å². The first-order valence-corrected chi connectivity index (χ1v) is 6.12. The van der Waals surface area contributed by atoms with Crippen molar-refractivity contribution in [3.05, 3.63) is 33.9 Å². The number of ether oxygens (including phenoxy) is 1. The number of morpholine rings is 1. The van der Waals surface area contributed by atoms with E-state index in [0.29, 0.717) is 19.8 Å². The van der Waals surface area contributed by atoms with Crippen molar-refractivity contribution in [2.24, 2.45) is 5.73 Å². The fourth-order valence-corrected chi connectivity index (χ4v) is 2.28. The zero-order valence-electron chi connectivity index (χ0n) is 10.5. The highest BCUT2D eigenvalue weighted by molar-refractivity contribution is 5.48. The van der Waals surface area contributed by atoms with Crippen LogP contribution in [-0.4, -0.2) is 47.8 Å². The molecule has 7 heteroatoms. The van der Waals surface area contributed by atoms with Crippen molar-refractivity contribution < 1.29 is 14.8 Å². The van der Waals surface area contributed by atoms with Gasteiger partial charge in [0, 0.05) is 31.7 Å². The molecule has 2 rings (SSSR count). The number of aromatic hydroxyl groups is 1. The summed E-state index contributed by atoms with van der Waals surface area (Å²) in [5, 5.41) is 20.3. The minimum Gasteiger partial charge on any atom is -0.502 e. The van der Waals surface area contributed by atoms with E-state index in [9.17, 15) is 15.2 Å². The van der Waals surface area contributed by atoms with Gasteiger partial charge in [-0.1, -0.05) is 6.07 Å². The molecule has 19 heavy (non-hydrogen) atoms. The van der Waals surface area contributed by atoms with Crippen LogP contribution >= 0.6 is 0 Å². The zero-order valence-corrected chi connectivity index (χ0v) is 10.5. The van der Waals surface area contributed by atoms with Gasteiger partial charge in [0.05, 0.1) is 18.1 Å². The van der Waals surface area contributed by atoms with Crippen molar-refractivity contribution in [3.63, 3.8) is 0 Å². The largest absolute Gasteiger partial charge is 0.502 e. The van der Waals surface area contributed by atoms with Gasteiger partial charge in [-0.3, -0.25) is 15.0 Å². The van der Waals surface area contributed by atoms with Gasteiger partial charge < -0.3 is 15.6 Å². The number of nitro groups is 1. The van der Waals surface area contributed by atoms with Crippen LogP contribution in [0.25, 0.3) is 0 Å². The lowest BCUT2D eigenvalue weighted by molar-refractivity contribution is -0.386. The van der Waals surface area contributed by atoms with Gasteiger partial charge in [-0.25, -0.2) is 0 Å². The van der Waals surface area contributed by atoms with Crippen LogP contribution in [0.5, 0.6) is 5.75 Å². The molecule has 7 nitrogen and oxygen atoms in total. The van der Waals surface area contributed by atoms with Gasteiger partial charge in [0.15, 0.2) is 5.75 Å². The third-order valence-corrected chi connectivity index (χ3v) is 3.29. The molecule has 1 aliphatic heterocycles. The molecule has 0 amide bonds. The van der Waals surface area contributed by atoms with Crippen molar-refractivity contribution in [3.8, 4) is 5.75 Å². The standard InChI is InChI=1S/C12H17N3O4/c13-8-11(14-3-5-19-6-4-14)9-1-2-12(16)10(7-9)15(17)18/h1-2,7,11,16H,3-6,8,13H2. The average Bonchev–Trinajstić information content (AvgIpc) is 2.42. The Morgan fingerprint density at radius 2 is 2.16 bits per heavy atom. The van der Waals surface area contributed by atoms with Crippen molar-refractivity contribution in [2.75, 3.05) is 32.8 Å². The van der Waals surface area contributed by atoms with Crippen molar-refractivity contribution >= 4 is 5.69 Å². The van der Waals surface area contributed by atoms with Gasteiger partial charge in [0.25, 0.3) is 0 Å². The maximum Gasteiger partial charge on any atom is 0.311 e. The van der Waals surface area contributed by atoms with E-state index in [0.717, 1.165) is 18.7 Å². The molecule has 0 spiro atoms. The second-order valence-electron chi connectivity index (χ2n) is 4.41. The normalized spacial score (nSPS) is 18.2. The van der Waals surface area contributed by atoms with Crippen LogP contribution < -0.4 is 5.73 Å². The summed E-state index contributed by atoms with van der Waals surface area (Å²) in [6.07, 6.45) is 0. The first-order valence-electron chi connectivity index (χ1n) is 6.12. The topological polar surface area (TPSA) is 102 Å². The molecular weight excluding hydrogens is 250 g/mol. The van der Waals surface area contributed by atoms with E-state index in [1.54, 1.807) is 6.07 Å². The molecule has 1 heterocycles. The predicted molar refractivity (Wildman–Crippen MR) is 68.9 cm³/mol. The van der Waals surface area contributed by atoms with Crippen LogP contribution in [0.2, 0.25) is 0 Å². The highest BCUT2D eigenvalue weighted by Crippen LogP contribution is 2.30. The van der Waals surface area contributed by atoms with Crippen molar-refractivity contribution in [2.45, 2.75) is 6.04 Å². The van der Waals surface area contributed by atoms with Crippen LogP contribution in [0.4, 0.5) is 5.69 Å². The number of hydrogen-bond acceptors (Lipinski definition) is 6. The molecule has 1 saturated heterocycles. The lowest BCUT2D eigenvalue weighted by Crippen LogP contribution is -2.41. The summed E-state index contributed by atoms with van der Waals surface area (Å²) in [7, 11) is 0. The Labute approximate surface area is 110 Å². The number of phenols is 1. The van der Waals surface area contributed by atoms with Crippen LogP contribution in [-0.2, 0) is 4.74 Å². The van der Waals surface area contributed by atoms with Crippen LogP contribution in [0.15, 0.2) is 18.2 Å². The van der Waals surface area contributed by atoms with E-state index in [1.807, 2.05) is 0 Å². The summed E-state index contributed by atoms with van der Waals surface area (Å²) in [6, 6.07) is 4.32. The molecule has 1 fully saturated rings. The molecule has 3 N–H and O–H groups in total. The Hall–Kier alpha value is -1.70. The fraction of sp³-hybridized carbons (Fsp3) is 0.500. The second-order valence-corrected chi connectivity index (χ2v) is 4.41. The van der Waals surface area contributed by atoms with Gasteiger partial charge in [-0.2, -0.15) is 0 Å². The van der Waals surface area contributed by atoms with E-state index in [2.05, 4.69) is 4.90 Å². The number of nitro benzene ring substituents is 1. The number of nitrogens with zero attached hydrogens (tertiary/aromatic N) is 2. The van der Waals surface area contributed by atoms with Gasteiger partial charge in [-0.15, -0.1) is 0 Å². The fourth-order valence-electron chi connectivity index (χ4n) is 2.28. The SMILES string of the molecule is NCC(c1ccc(O)c([N+](=O)[O-])c1)N1CCOCC1. The maximum absolute atomic E-state index is 10.8. The molecule has 1 aromatic rings. The zero-order chi connectivity index (χ0) is 13.8. The Bertz CT molecular complexity index is 460. The first-order chi connectivity index (χ1) is 9.13. The van der Waals surface area contributed by atoms with Crippen LogP contribution in [0.1, 0.15) is 11.6 Å². The van der Waals surface area contributed by atoms with Gasteiger partial charge >= 0.3 is 5.69 Å². The highest BCUT2D eigenvalue weighted by atomic mass is 16.6. The summed E-state index contributed by atoms with van der Waals surface area (Å²) < 4.78 is 5.28. The summed E-state index contributed by atoms with van der Waals surface area (Å²) >= 11 is 0. The average molecular weight is 267 g/mol. The van der Waals surface area contributed by atoms with Gasteiger partial charge in [-0.05, 0) is 11.6 Å². The molecule has 1 atom stereocenters. The Kier molecular flexibility index (Phi) is 4.31. The number of rotatable bonds is 4. The number of benzene rings is 1. The Morgan fingerprint density at radius 3 is 2.74 bits per heavy atom. The van der Waals surface area contributed by atoms with Crippen molar-refractivity contribution in [1.82, 2.24) is 4.90 Å². The van der Waals surface area contributed by atoms with Gasteiger partial charge in [0.1, 0.15) is 0 Å². The van der Waals surface area contributed by atoms with Crippen molar-refractivity contribution in [1.29, 1.82) is 0 Å². The number of phenolic OH excluding ortho intramolecular Hbond substituents is 1. The lowest BCUT2D eigenvalue weighted by atomic mass is 10.0. The predicted octanol–water partition coefficient (Wildman–Crippen LogP) is 0.632. The molecule has 0 bridgehead atoms. The minimum atomic E-state index is -0.592.